The van der Waals surface area contributed by atoms with Gasteiger partial charge in [0, 0.05) is 16.9 Å². The number of aryl methyl sites for hydroxylation is 1. The molecule has 4 atom stereocenters. The molecule has 0 aromatic heterocycles. The van der Waals surface area contributed by atoms with Gasteiger partial charge >= 0.3 is 5.97 Å². The summed E-state index contributed by atoms with van der Waals surface area (Å²) in [4.78, 5) is 35.7. The first-order valence-electron chi connectivity index (χ1n) is 8.82. The summed E-state index contributed by atoms with van der Waals surface area (Å²) in [6, 6.07) is 3.96. The standard InChI is InChI=1S/C19H24N2O7S/c1-9-5-11(3-4-15(9)29-2)28-14-7-10(6-13(22)17(14)25)19(27)21-12(18(20)26)8-16(23)24/h3-5,7,12-14,17,22,25H,6,8H2,1-2H3,(H2,20,26)(H,21,27)(H,23,24). The van der Waals surface area contributed by atoms with Crippen molar-refractivity contribution >= 4 is 29.5 Å². The molecule has 0 spiro atoms. The minimum absolute atomic E-state index is 0.0573. The van der Waals surface area contributed by atoms with Crippen molar-refractivity contribution in [2.45, 2.75) is 49.0 Å². The molecular weight excluding hydrogens is 400 g/mol. The quantitative estimate of drug-likeness (QED) is 0.364. The van der Waals surface area contributed by atoms with Crippen molar-refractivity contribution in [1.29, 1.82) is 0 Å². The number of ether oxygens (including phenoxy) is 1. The molecule has 0 saturated carbocycles. The lowest BCUT2D eigenvalue weighted by atomic mass is 9.91. The summed E-state index contributed by atoms with van der Waals surface area (Å²) in [5.74, 6) is -2.60. The number of benzene rings is 1. The highest BCUT2D eigenvalue weighted by Gasteiger charge is 2.35. The van der Waals surface area contributed by atoms with Gasteiger partial charge in [0.1, 0.15) is 24.0 Å². The summed E-state index contributed by atoms with van der Waals surface area (Å²) in [7, 11) is 0. The monoisotopic (exact) mass is 424 g/mol. The number of aliphatic hydroxyl groups is 2. The van der Waals surface area contributed by atoms with E-state index in [-0.39, 0.29) is 12.0 Å². The van der Waals surface area contributed by atoms with Crippen molar-refractivity contribution in [3.8, 4) is 5.75 Å². The summed E-state index contributed by atoms with van der Waals surface area (Å²) in [5, 5.41) is 31.5. The number of nitrogens with two attached hydrogens (primary N) is 1. The maximum atomic E-state index is 12.5. The molecule has 29 heavy (non-hydrogen) atoms. The third-order valence-corrected chi connectivity index (χ3v) is 5.38. The van der Waals surface area contributed by atoms with Crippen LogP contribution in [0.1, 0.15) is 18.4 Å². The van der Waals surface area contributed by atoms with Crippen LogP contribution in [0.25, 0.3) is 0 Å². The third kappa shape index (κ3) is 5.96. The number of aliphatic hydroxyl groups excluding tert-OH is 2. The number of hydrogen-bond acceptors (Lipinski definition) is 7. The van der Waals surface area contributed by atoms with Gasteiger partial charge in [0.25, 0.3) is 0 Å². The summed E-state index contributed by atoms with van der Waals surface area (Å²) < 4.78 is 5.75. The van der Waals surface area contributed by atoms with Crippen molar-refractivity contribution in [2.75, 3.05) is 6.26 Å². The number of rotatable bonds is 8. The second-order valence-electron chi connectivity index (χ2n) is 6.69. The molecule has 0 heterocycles. The molecule has 2 amide bonds. The number of carbonyl (C=O) groups is 3. The van der Waals surface area contributed by atoms with Crippen molar-refractivity contribution < 1.29 is 34.4 Å². The lowest BCUT2D eigenvalue weighted by Gasteiger charge is -2.31. The van der Waals surface area contributed by atoms with E-state index < -0.39 is 48.6 Å². The molecule has 0 radical (unpaired) electrons. The molecule has 10 heteroatoms. The Morgan fingerprint density at radius 2 is 2.03 bits per heavy atom. The predicted octanol–water partition coefficient (Wildman–Crippen LogP) is -0.0390. The fraction of sp³-hybridized carbons (Fsp3) is 0.421. The Balaban J connectivity index is 2.19. The van der Waals surface area contributed by atoms with Crippen molar-refractivity contribution in [3.63, 3.8) is 0 Å². The van der Waals surface area contributed by atoms with E-state index >= 15 is 0 Å². The summed E-state index contributed by atoms with van der Waals surface area (Å²) in [5.41, 5.74) is 6.16. The van der Waals surface area contributed by atoms with E-state index in [0.717, 1.165) is 10.5 Å². The number of carbonyl (C=O) groups excluding carboxylic acids is 2. The molecule has 0 fully saturated rings. The predicted molar refractivity (Wildman–Crippen MR) is 105 cm³/mol. The Hall–Kier alpha value is -2.56. The van der Waals surface area contributed by atoms with Crippen LogP contribution in [-0.4, -0.2) is 63.7 Å². The van der Waals surface area contributed by atoms with Gasteiger partial charge in [-0.15, -0.1) is 11.8 Å². The highest BCUT2D eigenvalue weighted by molar-refractivity contribution is 7.98. The highest BCUT2D eigenvalue weighted by Crippen LogP contribution is 2.28. The van der Waals surface area contributed by atoms with Gasteiger partial charge in [-0.05, 0) is 43.0 Å². The zero-order valence-electron chi connectivity index (χ0n) is 16.0. The van der Waals surface area contributed by atoms with Crippen LogP contribution in [0.2, 0.25) is 0 Å². The van der Waals surface area contributed by atoms with Crippen molar-refractivity contribution in [1.82, 2.24) is 5.32 Å². The molecule has 1 aromatic rings. The molecular formula is C19H24N2O7S. The van der Waals surface area contributed by atoms with Crippen LogP contribution < -0.4 is 15.8 Å². The van der Waals surface area contributed by atoms with Gasteiger partial charge in [-0.25, -0.2) is 0 Å². The summed E-state index contributed by atoms with van der Waals surface area (Å²) in [6.45, 7) is 1.91. The first-order chi connectivity index (χ1) is 13.6. The van der Waals surface area contributed by atoms with Crippen molar-refractivity contribution in [3.05, 3.63) is 35.4 Å². The zero-order chi connectivity index (χ0) is 21.7. The van der Waals surface area contributed by atoms with Crippen LogP contribution in [-0.2, 0) is 14.4 Å². The number of carboxylic acids is 1. The van der Waals surface area contributed by atoms with Crippen LogP contribution in [0.5, 0.6) is 5.75 Å². The van der Waals surface area contributed by atoms with Crippen LogP contribution in [0.3, 0.4) is 0 Å². The molecule has 158 valence electrons. The first kappa shape index (κ1) is 22.7. The van der Waals surface area contributed by atoms with E-state index in [0.29, 0.717) is 5.75 Å². The largest absolute Gasteiger partial charge is 0.484 e. The van der Waals surface area contributed by atoms with E-state index in [9.17, 15) is 24.6 Å². The number of amides is 2. The van der Waals surface area contributed by atoms with Crippen LogP contribution in [0.4, 0.5) is 0 Å². The molecule has 4 unspecified atom stereocenters. The fourth-order valence-electron chi connectivity index (χ4n) is 2.93. The maximum absolute atomic E-state index is 12.5. The molecule has 2 rings (SSSR count). The number of carboxylic acid groups (broad SMARTS) is 1. The minimum atomic E-state index is -1.40. The third-order valence-electron chi connectivity index (χ3n) is 4.48. The number of primary amides is 1. The second-order valence-corrected chi connectivity index (χ2v) is 7.54. The molecule has 1 aliphatic carbocycles. The Kier molecular flexibility index (Phi) is 7.66. The topological polar surface area (TPSA) is 159 Å². The molecule has 9 nitrogen and oxygen atoms in total. The van der Waals surface area contributed by atoms with Gasteiger partial charge in [-0.2, -0.15) is 0 Å². The van der Waals surface area contributed by atoms with E-state index in [4.69, 9.17) is 15.6 Å². The molecule has 0 saturated heterocycles. The molecule has 0 bridgehead atoms. The first-order valence-corrected chi connectivity index (χ1v) is 10.0. The molecule has 1 aromatic carbocycles. The van der Waals surface area contributed by atoms with E-state index in [1.165, 1.54) is 6.08 Å². The lowest BCUT2D eigenvalue weighted by molar-refractivity contribution is -0.140. The van der Waals surface area contributed by atoms with Crippen LogP contribution in [0, 0.1) is 6.92 Å². The fourth-order valence-corrected chi connectivity index (χ4v) is 3.52. The molecule has 1 aliphatic rings. The van der Waals surface area contributed by atoms with E-state index in [2.05, 4.69) is 5.32 Å². The van der Waals surface area contributed by atoms with Gasteiger partial charge in [0.2, 0.25) is 11.8 Å². The van der Waals surface area contributed by atoms with Gasteiger partial charge in [0.15, 0.2) is 0 Å². The lowest BCUT2D eigenvalue weighted by Crippen LogP contribution is -2.49. The Morgan fingerprint density at radius 1 is 1.34 bits per heavy atom. The minimum Gasteiger partial charge on any atom is -0.484 e. The number of hydrogen-bond donors (Lipinski definition) is 5. The SMILES string of the molecule is CSc1ccc(OC2C=C(C(=O)NC(CC(=O)O)C(N)=O)CC(O)C2O)cc1C. The van der Waals surface area contributed by atoms with Gasteiger partial charge < -0.3 is 31.1 Å². The average molecular weight is 424 g/mol. The Bertz CT molecular complexity index is 827. The van der Waals surface area contributed by atoms with Gasteiger partial charge in [0.05, 0.1) is 12.5 Å². The number of nitrogens with one attached hydrogen (secondary N) is 1. The van der Waals surface area contributed by atoms with Gasteiger partial charge in [-0.3, -0.25) is 14.4 Å². The smallest absolute Gasteiger partial charge is 0.305 e. The normalized spacial score (nSPS) is 22.3. The number of thioether (sulfide) groups is 1. The van der Waals surface area contributed by atoms with E-state index in [1.54, 1.807) is 23.9 Å². The maximum Gasteiger partial charge on any atom is 0.305 e. The van der Waals surface area contributed by atoms with Crippen molar-refractivity contribution in [2.24, 2.45) is 5.73 Å². The van der Waals surface area contributed by atoms with Gasteiger partial charge in [-0.1, -0.05) is 0 Å². The molecule has 6 N–H and O–H groups in total. The second kappa shape index (κ2) is 9.77. The molecule has 0 aliphatic heterocycles. The average Bonchev–Trinajstić information content (AvgIpc) is 2.64. The Morgan fingerprint density at radius 3 is 2.59 bits per heavy atom. The Labute approximate surface area is 171 Å². The van der Waals surface area contributed by atoms with E-state index in [1.807, 2.05) is 19.2 Å². The number of aliphatic carboxylic acids is 1. The zero-order valence-corrected chi connectivity index (χ0v) is 16.8. The summed E-state index contributed by atoms with van der Waals surface area (Å²) in [6.07, 6.45) is -1.10. The summed E-state index contributed by atoms with van der Waals surface area (Å²) >= 11 is 1.58. The van der Waals surface area contributed by atoms with Crippen LogP contribution in [0.15, 0.2) is 34.7 Å². The van der Waals surface area contributed by atoms with Crippen LogP contribution >= 0.6 is 11.8 Å². The highest BCUT2D eigenvalue weighted by atomic mass is 32.2.